The van der Waals surface area contributed by atoms with Crippen LogP contribution >= 0.6 is 0 Å². The molecule has 1 aliphatic rings. The number of piperidine rings is 1. The van der Waals surface area contributed by atoms with Crippen LogP contribution in [-0.4, -0.2) is 53.5 Å². The summed E-state index contributed by atoms with van der Waals surface area (Å²) in [5.41, 5.74) is -1.41. The zero-order valence-corrected chi connectivity index (χ0v) is 17.1. The third kappa shape index (κ3) is 3.81. The van der Waals surface area contributed by atoms with Gasteiger partial charge in [0.1, 0.15) is 11.6 Å². The number of carbonyl (C=O) groups excluding carboxylic acids is 1. The molecule has 1 saturated heterocycles. The summed E-state index contributed by atoms with van der Waals surface area (Å²) in [6.07, 6.45) is -1.99. The fraction of sp³-hybridized carbons (Fsp3) is 0.286. The molecule has 0 unspecified atom stereocenters. The lowest BCUT2D eigenvalue weighted by atomic mass is 9.95. The van der Waals surface area contributed by atoms with Crippen molar-refractivity contribution in [3.05, 3.63) is 71.7 Å². The van der Waals surface area contributed by atoms with Gasteiger partial charge in [-0.3, -0.25) is 9.20 Å². The maximum Gasteiger partial charge on any atom is 0.435 e. The largest absolute Gasteiger partial charge is 0.435 e. The summed E-state index contributed by atoms with van der Waals surface area (Å²) in [6, 6.07) is 9.85. The number of pyridine rings is 1. The number of halogens is 4. The van der Waals surface area contributed by atoms with Gasteiger partial charge < -0.3 is 4.90 Å². The molecule has 5 rings (SSSR count). The van der Waals surface area contributed by atoms with Gasteiger partial charge in [0.05, 0.1) is 5.69 Å². The van der Waals surface area contributed by atoms with Crippen LogP contribution in [0.2, 0.25) is 0 Å². The summed E-state index contributed by atoms with van der Waals surface area (Å²) in [5, 5.41) is 15.5. The van der Waals surface area contributed by atoms with Crippen LogP contribution in [0.4, 0.5) is 17.6 Å². The predicted molar refractivity (Wildman–Crippen MR) is 107 cm³/mol. The molecule has 1 aliphatic heterocycles. The molecular formula is C21H17F4N7O. The first kappa shape index (κ1) is 21.0. The molecule has 8 nitrogen and oxygen atoms in total. The highest BCUT2D eigenvalue weighted by molar-refractivity contribution is 5.93. The smallest absolute Gasteiger partial charge is 0.337 e. The zero-order valence-electron chi connectivity index (χ0n) is 17.1. The molecule has 0 N–H and O–H groups in total. The number of likely N-dealkylation sites (tertiary alicyclic amines) is 1. The Morgan fingerprint density at radius 3 is 2.39 bits per heavy atom. The van der Waals surface area contributed by atoms with E-state index in [0.717, 1.165) is 30.1 Å². The molecule has 4 aromatic rings. The van der Waals surface area contributed by atoms with Crippen LogP contribution in [0.5, 0.6) is 0 Å². The lowest BCUT2D eigenvalue weighted by molar-refractivity contribution is -0.143. The van der Waals surface area contributed by atoms with Crippen LogP contribution in [0, 0.1) is 5.82 Å². The van der Waals surface area contributed by atoms with E-state index in [1.807, 2.05) is 28.8 Å². The molecule has 4 heterocycles. The maximum absolute atomic E-state index is 13.9. The van der Waals surface area contributed by atoms with Crippen molar-refractivity contribution in [2.45, 2.75) is 24.9 Å². The number of benzene rings is 1. The van der Waals surface area contributed by atoms with Gasteiger partial charge in [-0.1, -0.05) is 11.3 Å². The van der Waals surface area contributed by atoms with Gasteiger partial charge >= 0.3 is 6.18 Å². The number of alkyl halides is 3. The molecule has 0 radical (unpaired) electrons. The van der Waals surface area contributed by atoms with E-state index in [1.165, 1.54) is 4.90 Å². The number of fused-ring (bicyclic) bond motifs is 1. The van der Waals surface area contributed by atoms with Crippen molar-refractivity contribution >= 4 is 11.6 Å². The van der Waals surface area contributed by atoms with Gasteiger partial charge in [0.15, 0.2) is 17.0 Å². The van der Waals surface area contributed by atoms with Crippen molar-refractivity contribution in [2.75, 3.05) is 13.1 Å². The molecule has 0 spiro atoms. The Bertz CT molecular complexity index is 1300. The lowest BCUT2D eigenvalue weighted by Crippen LogP contribution is -2.39. The summed E-state index contributed by atoms with van der Waals surface area (Å²) in [7, 11) is 0. The Morgan fingerprint density at radius 1 is 0.970 bits per heavy atom. The minimum atomic E-state index is -4.89. The van der Waals surface area contributed by atoms with Crippen LogP contribution < -0.4 is 0 Å². The standard InChI is InChI=1S/C21H17F4N7O/c22-14-4-6-15(7-5-14)32-18(21(23,24)25)17(27-29-32)20(33)30-11-8-13(9-12-30)19-28-26-16-3-1-2-10-31(16)19/h1-7,10,13H,8-9,11-12H2. The summed E-state index contributed by atoms with van der Waals surface area (Å²) in [6.45, 7) is 0.484. The molecule has 1 aromatic carbocycles. The van der Waals surface area contributed by atoms with Gasteiger partial charge in [-0.2, -0.15) is 13.2 Å². The number of carbonyl (C=O) groups is 1. The molecule has 3 aromatic heterocycles. The first-order valence-electron chi connectivity index (χ1n) is 10.2. The van der Waals surface area contributed by atoms with Gasteiger partial charge in [0.2, 0.25) is 0 Å². The Kier molecular flexibility index (Phi) is 5.06. The van der Waals surface area contributed by atoms with Crippen molar-refractivity contribution in [1.29, 1.82) is 0 Å². The number of hydrogen-bond donors (Lipinski definition) is 0. The minimum absolute atomic E-state index is 0.0171. The van der Waals surface area contributed by atoms with Gasteiger partial charge in [0.25, 0.3) is 5.91 Å². The van der Waals surface area contributed by atoms with E-state index in [9.17, 15) is 22.4 Å². The Hall–Kier alpha value is -3.83. The van der Waals surface area contributed by atoms with Crippen LogP contribution in [0.3, 0.4) is 0 Å². The van der Waals surface area contributed by atoms with E-state index < -0.39 is 29.3 Å². The molecule has 0 atom stereocenters. The highest BCUT2D eigenvalue weighted by Crippen LogP contribution is 2.34. The van der Waals surface area contributed by atoms with E-state index in [2.05, 4.69) is 20.5 Å². The average Bonchev–Trinajstić information content (AvgIpc) is 3.44. The fourth-order valence-corrected chi connectivity index (χ4v) is 4.07. The molecule has 33 heavy (non-hydrogen) atoms. The van der Waals surface area contributed by atoms with Crippen molar-refractivity contribution in [3.63, 3.8) is 0 Å². The molecule has 0 bridgehead atoms. The van der Waals surface area contributed by atoms with Gasteiger partial charge in [-0.05, 0) is 49.2 Å². The van der Waals surface area contributed by atoms with E-state index in [-0.39, 0.29) is 24.7 Å². The third-order valence-corrected chi connectivity index (χ3v) is 5.70. The zero-order chi connectivity index (χ0) is 23.2. The molecule has 170 valence electrons. The number of aromatic nitrogens is 6. The third-order valence-electron chi connectivity index (χ3n) is 5.70. The normalized spacial score (nSPS) is 15.3. The van der Waals surface area contributed by atoms with E-state index >= 15 is 0 Å². The molecule has 1 fully saturated rings. The van der Waals surface area contributed by atoms with Crippen LogP contribution in [0.1, 0.15) is 40.8 Å². The topological polar surface area (TPSA) is 81.2 Å². The Morgan fingerprint density at radius 2 is 1.70 bits per heavy atom. The van der Waals surface area contributed by atoms with Crippen molar-refractivity contribution < 1.29 is 22.4 Å². The second kappa shape index (κ2) is 7.94. The number of nitrogens with zero attached hydrogens (tertiary/aromatic N) is 7. The highest BCUT2D eigenvalue weighted by Gasteiger charge is 2.43. The predicted octanol–water partition coefficient (Wildman–Crippen LogP) is 3.49. The van der Waals surface area contributed by atoms with E-state index in [0.29, 0.717) is 23.2 Å². The lowest BCUT2D eigenvalue weighted by Gasteiger charge is -2.31. The highest BCUT2D eigenvalue weighted by atomic mass is 19.4. The second-order valence-corrected chi connectivity index (χ2v) is 7.73. The number of amides is 1. The molecule has 12 heteroatoms. The molecule has 1 amide bonds. The maximum atomic E-state index is 13.9. The van der Waals surface area contributed by atoms with Gasteiger partial charge in [-0.15, -0.1) is 15.3 Å². The molecule has 0 saturated carbocycles. The number of hydrogen-bond acceptors (Lipinski definition) is 5. The van der Waals surface area contributed by atoms with E-state index in [4.69, 9.17) is 0 Å². The van der Waals surface area contributed by atoms with Gasteiger partial charge in [-0.25, -0.2) is 9.07 Å². The van der Waals surface area contributed by atoms with Gasteiger partial charge in [0, 0.05) is 25.2 Å². The van der Waals surface area contributed by atoms with Crippen molar-refractivity contribution in [2.24, 2.45) is 0 Å². The second-order valence-electron chi connectivity index (χ2n) is 7.73. The summed E-state index contributed by atoms with van der Waals surface area (Å²) < 4.78 is 57.2. The molecular weight excluding hydrogens is 442 g/mol. The minimum Gasteiger partial charge on any atom is -0.337 e. The summed E-state index contributed by atoms with van der Waals surface area (Å²) in [5.74, 6) is -0.674. The van der Waals surface area contributed by atoms with Crippen LogP contribution in [0.15, 0.2) is 48.7 Å². The average molecular weight is 459 g/mol. The summed E-state index contributed by atoms with van der Waals surface area (Å²) >= 11 is 0. The van der Waals surface area contributed by atoms with Crippen LogP contribution in [-0.2, 0) is 6.18 Å². The molecule has 0 aliphatic carbocycles. The van der Waals surface area contributed by atoms with Crippen molar-refractivity contribution in [1.82, 2.24) is 34.5 Å². The quantitative estimate of drug-likeness (QED) is 0.438. The van der Waals surface area contributed by atoms with Crippen LogP contribution in [0.25, 0.3) is 11.3 Å². The fourth-order valence-electron chi connectivity index (χ4n) is 4.07. The SMILES string of the molecule is O=C(c1nnn(-c2ccc(F)cc2)c1C(F)(F)F)N1CCC(c2nnc3ccccn23)CC1. The van der Waals surface area contributed by atoms with E-state index in [1.54, 1.807) is 0 Å². The first-order valence-corrected chi connectivity index (χ1v) is 10.2. The monoisotopic (exact) mass is 459 g/mol. The first-order chi connectivity index (χ1) is 15.8. The Labute approximate surface area is 184 Å². The number of rotatable bonds is 3. The Balaban J connectivity index is 1.38. The van der Waals surface area contributed by atoms with Crippen molar-refractivity contribution in [3.8, 4) is 5.69 Å². The summed E-state index contributed by atoms with van der Waals surface area (Å²) in [4.78, 5) is 14.3.